The van der Waals surface area contributed by atoms with Gasteiger partial charge in [-0.05, 0) is 32.0 Å². The molecule has 2 N–H and O–H groups in total. The Hall–Kier alpha value is -1.13. The second-order valence-corrected chi connectivity index (χ2v) is 5.30. The lowest BCUT2D eigenvalue weighted by Crippen LogP contribution is -2.44. The summed E-state index contributed by atoms with van der Waals surface area (Å²) < 4.78 is 13.9. The normalized spacial score (nSPS) is 23.4. The van der Waals surface area contributed by atoms with Crippen LogP contribution in [-0.4, -0.2) is 31.3 Å². The third-order valence-corrected chi connectivity index (χ3v) is 4.02. The molecule has 0 spiro atoms. The van der Waals surface area contributed by atoms with Crippen molar-refractivity contribution in [3.8, 4) is 0 Å². The van der Waals surface area contributed by atoms with Gasteiger partial charge in [0, 0.05) is 24.8 Å². The first kappa shape index (κ1) is 14.3. The number of rotatable bonds is 4. The van der Waals surface area contributed by atoms with Crippen LogP contribution in [0, 0.1) is 5.82 Å². The van der Waals surface area contributed by atoms with E-state index in [9.17, 15) is 9.50 Å². The highest BCUT2D eigenvalue weighted by Gasteiger charge is 2.28. The summed E-state index contributed by atoms with van der Waals surface area (Å²) in [5.74, 6) is -0.191. The highest BCUT2D eigenvalue weighted by Crippen LogP contribution is 2.29. The van der Waals surface area contributed by atoms with E-state index >= 15 is 0 Å². The molecule has 3 nitrogen and oxygen atoms in total. The first-order valence-corrected chi connectivity index (χ1v) is 6.98. The lowest BCUT2D eigenvalue weighted by atomic mass is 9.91. The van der Waals surface area contributed by atoms with Crippen LogP contribution in [0.1, 0.15) is 31.2 Å². The van der Waals surface area contributed by atoms with Crippen molar-refractivity contribution in [2.45, 2.75) is 44.4 Å². The molecular formula is C15H23FN2O. The topological polar surface area (TPSA) is 35.5 Å². The van der Waals surface area contributed by atoms with E-state index in [2.05, 4.69) is 5.32 Å². The first-order chi connectivity index (χ1) is 9.15. The van der Waals surface area contributed by atoms with Crippen LogP contribution in [0.2, 0.25) is 0 Å². The molecule has 0 heterocycles. The number of halogens is 1. The summed E-state index contributed by atoms with van der Waals surface area (Å²) in [6, 6.07) is 5.24. The second-order valence-electron chi connectivity index (χ2n) is 5.30. The van der Waals surface area contributed by atoms with Gasteiger partial charge in [-0.1, -0.05) is 18.9 Å². The van der Waals surface area contributed by atoms with Crippen LogP contribution in [0.15, 0.2) is 18.2 Å². The van der Waals surface area contributed by atoms with E-state index < -0.39 is 0 Å². The molecule has 0 amide bonds. The van der Waals surface area contributed by atoms with Crippen molar-refractivity contribution in [3.05, 3.63) is 29.6 Å². The molecule has 1 saturated carbocycles. The molecule has 1 aromatic carbocycles. The van der Waals surface area contributed by atoms with Crippen molar-refractivity contribution in [2.24, 2.45) is 0 Å². The zero-order chi connectivity index (χ0) is 13.8. The van der Waals surface area contributed by atoms with Crippen LogP contribution in [0.3, 0.4) is 0 Å². The first-order valence-electron chi connectivity index (χ1n) is 6.98. The predicted molar refractivity (Wildman–Crippen MR) is 75.8 cm³/mol. The Morgan fingerprint density at radius 1 is 1.37 bits per heavy atom. The molecule has 2 unspecified atom stereocenters. The van der Waals surface area contributed by atoms with Crippen molar-refractivity contribution in [3.63, 3.8) is 0 Å². The minimum absolute atomic E-state index is 0.0890. The van der Waals surface area contributed by atoms with E-state index in [1.807, 2.05) is 25.1 Å². The summed E-state index contributed by atoms with van der Waals surface area (Å²) in [4.78, 5) is 2.04. The minimum Gasteiger partial charge on any atom is -0.391 e. The number of hydrogen-bond acceptors (Lipinski definition) is 3. The van der Waals surface area contributed by atoms with Gasteiger partial charge in [-0.25, -0.2) is 4.39 Å². The molecule has 0 saturated heterocycles. The van der Waals surface area contributed by atoms with Crippen LogP contribution >= 0.6 is 0 Å². The molecule has 0 radical (unpaired) electrons. The molecule has 0 aromatic heterocycles. The average molecular weight is 266 g/mol. The number of nitrogens with zero attached hydrogens (tertiary/aromatic N) is 1. The SMILES string of the molecule is CNCc1c(F)cccc1N(C)C1CCCCC1O. The van der Waals surface area contributed by atoms with Gasteiger partial charge in [0.15, 0.2) is 0 Å². The van der Waals surface area contributed by atoms with E-state index in [1.54, 1.807) is 6.07 Å². The standard InChI is InChI=1S/C15H23FN2O/c1-17-10-11-12(16)6-5-8-13(11)18(2)14-7-3-4-9-15(14)19/h5-6,8,14-15,17,19H,3-4,7,9-10H2,1-2H3. The highest BCUT2D eigenvalue weighted by atomic mass is 19.1. The maximum Gasteiger partial charge on any atom is 0.129 e. The summed E-state index contributed by atoms with van der Waals surface area (Å²) in [5, 5.41) is 13.1. The summed E-state index contributed by atoms with van der Waals surface area (Å²) >= 11 is 0. The molecule has 106 valence electrons. The van der Waals surface area contributed by atoms with Gasteiger partial charge in [0.05, 0.1) is 12.1 Å². The molecule has 0 bridgehead atoms. The lowest BCUT2D eigenvalue weighted by Gasteiger charge is -2.37. The quantitative estimate of drug-likeness (QED) is 0.877. The maximum atomic E-state index is 13.9. The van der Waals surface area contributed by atoms with Crippen LogP contribution in [0.5, 0.6) is 0 Å². The Morgan fingerprint density at radius 3 is 2.79 bits per heavy atom. The number of nitrogens with one attached hydrogen (secondary N) is 1. The number of aliphatic hydroxyl groups excluding tert-OH is 1. The Balaban J connectivity index is 2.27. The largest absolute Gasteiger partial charge is 0.391 e. The molecule has 1 fully saturated rings. The minimum atomic E-state index is -0.315. The van der Waals surface area contributed by atoms with Gasteiger partial charge in [0.2, 0.25) is 0 Å². The lowest BCUT2D eigenvalue weighted by molar-refractivity contribution is 0.106. The molecule has 0 aliphatic heterocycles. The molecule has 19 heavy (non-hydrogen) atoms. The second kappa shape index (κ2) is 6.35. The van der Waals surface area contributed by atoms with Crippen molar-refractivity contribution in [2.75, 3.05) is 19.0 Å². The van der Waals surface area contributed by atoms with E-state index in [-0.39, 0.29) is 18.0 Å². The molecular weight excluding hydrogens is 243 g/mol. The molecule has 1 aliphatic rings. The smallest absolute Gasteiger partial charge is 0.129 e. The van der Waals surface area contributed by atoms with Crippen LogP contribution in [0.4, 0.5) is 10.1 Å². The van der Waals surface area contributed by atoms with Crippen molar-refractivity contribution >= 4 is 5.69 Å². The van der Waals surface area contributed by atoms with Crippen LogP contribution in [-0.2, 0) is 6.54 Å². The third kappa shape index (κ3) is 3.07. The summed E-state index contributed by atoms with van der Waals surface area (Å²) in [6.07, 6.45) is 3.70. The van der Waals surface area contributed by atoms with Crippen molar-refractivity contribution in [1.82, 2.24) is 5.32 Å². The maximum absolute atomic E-state index is 13.9. The molecule has 2 rings (SSSR count). The van der Waals surface area contributed by atoms with Gasteiger partial charge >= 0.3 is 0 Å². The van der Waals surface area contributed by atoms with Crippen molar-refractivity contribution < 1.29 is 9.50 Å². The number of benzene rings is 1. The average Bonchev–Trinajstić information content (AvgIpc) is 2.41. The molecule has 4 heteroatoms. The fourth-order valence-corrected chi connectivity index (χ4v) is 2.95. The third-order valence-electron chi connectivity index (χ3n) is 4.02. The van der Waals surface area contributed by atoms with E-state index in [0.717, 1.165) is 31.4 Å². The zero-order valence-corrected chi connectivity index (χ0v) is 11.7. The molecule has 2 atom stereocenters. The Bertz CT molecular complexity index is 425. The number of likely N-dealkylation sites (N-methyl/N-ethyl adjacent to an activating group) is 1. The number of aliphatic hydroxyl groups is 1. The molecule has 1 aromatic rings. The van der Waals surface area contributed by atoms with Crippen molar-refractivity contribution in [1.29, 1.82) is 0 Å². The Labute approximate surface area is 114 Å². The fraction of sp³-hybridized carbons (Fsp3) is 0.600. The van der Waals surface area contributed by atoms with E-state index in [4.69, 9.17) is 0 Å². The van der Waals surface area contributed by atoms with Gasteiger partial charge in [-0.15, -0.1) is 0 Å². The zero-order valence-electron chi connectivity index (χ0n) is 11.7. The van der Waals surface area contributed by atoms with Gasteiger partial charge in [-0.2, -0.15) is 0 Å². The van der Waals surface area contributed by atoms with Crippen LogP contribution in [0.25, 0.3) is 0 Å². The predicted octanol–water partition coefficient (Wildman–Crippen LogP) is 2.28. The Kier molecular flexibility index (Phi) is 4.77. The van der Waals surface area contributed by atoms with Gasteiger partial charge in [0.1, 0.15) is 5.82 Å². The Morgan fingerprint density at radius 2 is 2.11 bits per heavy atom. The number of hydrogen-bond donors (Lipinski definition) is 2. The summed E-state index contributed by atoms with van der Waals surface area (Å²) in [6.45, 7) is 0.495. The van der Waals surface area contributed by atoms with Gasteiger partial charge in [0.25, 0.3) is 0 Å². The molecule has 1 aliphatic carbocycles. The van der Waals surface area contributed by atoms with E-state index in [1.165, 1.54) is 6.07 Å². The highest BCUT2D eigenvalue weighted by molar-refractivity contribution is 5.54. The van der Waals surface area contributed by atoms with E-state index in [0.29, 0.717) is 12.1 Å². The summed E-state index contributed by atoms with van der Waals surface area (Å²) in [7, 11) is 3.76. The monoisotopic (exact) mass is 266 g/mol. The summed E-state index contributed by atoms with van der Waals surface area (Å²) in [5.41, 5.74) is 1.55. The van der Waals surface area contributed by atoms with Gasteiger partial charge in [-0.3, -0.25) is 0 Å². The van der Waals surface area contributed by atoms with Crippen LogP contribution < -0.4 is 10.2 Å². The number of anilines is 1. The fourth-order valence-electron chi connectivity index (χ4n) is 2.95. The van der Waals surface area contributed by atoms with Gasteiger partial charge < -0.3 is 15.3 Å².